The number of hydrogen-bond donors (Lipinski definition) is 1. The number of aromatic hydroxyl groups is 1. The highest BCUT2D eigenvalue weighted by molar-refractivity contribution is 6.40. The highest BCUT2D eigenvalue weighted by Crippen LogP contribution is 2.40. The third kappa shape index (κ3) is 3.78. The van der Waals surface area contributed by atoms with Gasteiger partial charge in [-0.1, -0.05) is 13.8 Å². The Bertz CT molecular complexity index is 576. The molecule has 1 saturated carbocycles. The van der Waals surface area contributed by atoms with Gasteiger partial charge in [-0.2, -0.15) is 0 Å². The second-order valence-electron chi connectivity index (χ2n) is 6.38. The Hall–Kier alpha value is -2.04. The number of phenolic OH excluding ortho intramolecular Hbond substituents is 1. The van der Waals surface area contributed by atoms with Gasteiger partial charge in [-0.05, 0) is 49.8 Å². The molecule has 0 aliphatic heterocycles. The Morgan fingerprint density at radius 2 is 2.09 bits per heavy atom. The van der Waals surface area contributed by atoms with Crippen molar-refractivity contribution in [3.05, 3.63) is 23.8 Å². The second kappa shape index (κ2) is 6.38. The third-order valence-electron chi connectivity index (χ3n) is 3.90. The van der Waals surface area contributed by atoms with Crippen LogP contribution in [0.3, 0.4) is 0 Å². The molecule has 0 saturated heterocycles. The van der Waals surface area contributed by atoms with E-state index in [4.69, 9.17) is 9.47 Å². The Morgan fingerprint density at radius 3 is 2.68 bits per heavy atom. The van der Waals surface area contributed by atoms with Crippen molar-refractivity contribution in [1.29, 1.82) is 0 Å². The monoisotopic (exact) mass is 306 g/mol. The molecule has 5 heteroatoms. The van der Waals surface area contributed by atoms with Crippen molar-refractivity contribution in [2.45, 2.75) is 46.1 Å². The first-order valence-corrected chi connectivity index (χ1v) is 7.53. The molecule has 1 fully saturated rings. The van der Waals surface area contributed by atoms with Gasteiger partial charge in [-0.25, -0.2) is 4.79 Å². The van der Waals surface area contributed by atoms with E-state index in [2.05, 4.69) is 13.8 Å². The number of rotatable bonds is 5. The Balaban J connectivity index is 2.14. The first-order valence-electron chi connectivity index (χ1n) is 7.53. The van der Waals surface area contributed by atoms with Crippen LogP contribution in [-0.2, 0) is 9.53 Å². The van der Waals surface area contributed by atoms with Crippen molar-refractivity contribution in [3.8, 4) is 11.5 Å². The maximum atomic E-state index is 11.9. The van der Waals surface area contributed by atoms with Crippen molar-refractivity contribution < 1.29 is 24.2 Å². The lowest BCUT2D eigenvalue weighted by Gasteiger charge is -2.18. The summed E-state index contributed by atoms with van der Waals surface area (Å²) in [6.45, 7) is 6.13. The van der Waals surface area contributed by atoms with E-state index < -0.39 is 11.8 Å². The quantitative estimate of drug-likeness (QED) is 0.514. The summed E-state index contributed by atoms with van der Waals surface area (Å²) in [6.07, 6.45) is 2.86. The van der Waals surface area contributed by atoms with Crippen molar-refractivity contribution in [1.82, 2.24) is 0 Å². The maximum absolute atomic E-state index is 11.9. The third-order valence-corrected chi connectivity index (χ3v) is 3.90. The molecule has 0 radical (unpaired) electrons. The number of benzene rings is 1. The fourth-order valence-electron chi connectivity index (χ4n) is 2.72. The fraction of sp³-hybridized carbons (Fsp3) is 0.529. The van der Waals surface area contributed by atoms with Gasteiger partial charge in [-0.3, -0.25) is 4.79 Å². The van der Waals surface area contributed by atoms with Gasteiger partial charge in [-0.15, -0.1) is 0 Å². The zero-order valence-corrected chi connectivity index (χ0v) is 13.2. The first kappa shape index (κ1) is 16.3. The smallest absolute Gasteiger partial charge is 0.379 e. The molecular weight excluding hydrogens is 284 g/mol. The summed E-state index contributed by atoms with van der Waals surface area (Å²) in [6, 6.07) is 4.15. The highest BCUT2D eigenvalue weighted by atomic mass is 16.5. The van der Waals surface area contributed by atoms with Crippen LogP contribution in [0.5, 0.6) is 11.5 Å². The van der Waals surface area contributed by atoms with Crippen molar-refractivity contribution in [2.75, 3.05) is 6.61 Å². The van der Waals surface area contributed by atoms with E-state index in [1.165, 1.54) is 18.2 Å². The maximum Gasteiger partial charge on any atom is 0.379 e. The number of ketones is 1. The fourth-order valence-corrected chi connectivity index (χ4v) is 2.72. The van der Waals surface area contributed by atoms with Crippen LogP contribution in [0.2, 0.25) is 0 Å². The van der Waals surface area contributed by atoms with E-state index in [0.717, 1.165) is 19.3 Å². The van der Waals surface area contributed by atoms with Gasteiger partial charge >= 0.3 is 5.97 Å². The molecule has 0 aromatic heterocycles. The van der Waals surface area contributed by atoms with E-state index in [0.29, 0.717) is 0 Å². The molecule has 0 amide bonds. The summed E-state index contributed by atoms with van der Waals surface area (Å²) in [4.78, 5) is 23.4. The normalized spacial score (nSPS) is 19.7. The number of Topliss-reactive ketones (excluding diaryl/α,β-unsaturated/α-hetero) is 1. The number of carbonyl (C=O) groups is 2. The number of esters is 1. The van der Waals surface area contributed by atoms with E-state index in [1.54, 1.807) is 6.92 Å². The van der Waals surface area contributed by atoms with E-state index in [9.17, 15) is 14.7 Å². The van der Waals surface area contributed by atoms with Crippen molar-refractivity contribution in [3.63, 3.8) is 0 Å². The molecule has 0 bridgehead atoms. The molecule has 1 aromatic rings. The molecule has 5 nitrogen and oxygen atoms in total. The average Bonchev–Trinajstić information content (AvgIpc) is 2.80. The standard InChI is InChI=1S/C17H22O5/c1-4-21-16(20)15(19)11-5-6-13(18)14(9-11)22-12-7-8-17(2,3)10-12/h5-6,9,12,18H,4,7-8,10H2,1-3H3. The van der Waals surface area contributed by atoms with Crippen LogP contribution in [0.1, 0.15) is 50.4 Å². The number of ether oxygens (including phenoxy) is 2. The van der Waals surface area contributed by atoms with Crippen LogP contribution in [0.4, 0.5) is 0 Å². The van der Waals surface area contributed by atoms with Gasteiger partial charge < -0.3 is 14.6 Å². The van der Waals surface area contributed by atoms with Crippen LogP contribution >= 0.6 is 0 Å². The molecule has 1 aliphatic rings. The summed E-state index contributed by atoms with van der Waals surface area (Å²) in [7, 11) is 0. The Labute approximate surface area is 130 Å². The van der Waals surface area contributed by atoms with E-state index in [-0.39, 0.29) is 35.2 Å². The Kier molecular flexibility index (Phi) is 4.74. The first-order chi connectivity index (χ1) is 10.3. The largest absolute Gasteiger partial charge is 0.504 e. The second-order valence-corrected chi connectivity index (χ2v) is 6.38. The molecular formula is C17H22O5. The average molecular weight is 306 g/mol. The van der Waals surface area contributed by atoms with E-state index in [1.807, 2.05) is 0 Å². The molecule has 120 valence electrons. The summed E-state index contributed by atoms with van der Waals surface area (Å²) < 4.78 is 10.5. The van der Waals surface area contributed by atoms with Crippen LogP contribution in [0.15, 0.2) is 18.2 Å². The molecule has 1 unspecified atom stereocenters. The summed E-state index contributed by atoms with van der Waals surface area (Å²) in [5.41, 5.74) is 0.377. The number of phenols is 1. The van der Waals surface area contributed by atoms with Crippen LogP contribution in [0, 0.1) is 5.41 Å². The van der Waals surface area contributed by atoms with Crippen LogP contribution < -0.4 is 4.74 Å². The summed E-state index contributed by atoms with van der Waals surface area (Å²) in [5, 5.41) is 9.90. The van der Waals surface area contributed by atoms with Crippen LogP contribution in [0.25, 0.3) is 0 Å². The lowest BCUT2D eigenvalue weighted by molar-refractivity contribution is -0.137. The molecule has 0 heterocycles. The lowest BCUT2D eigenvalue weighted by atomic mass is 9.92. The molecule has 22 heavy (non-hydrogen) atoms. The minimum Gasteiger partial charge on any atom is -0.504 e. The molecule has 1 aliphatic carbocycles. The van der Waals surface area contributed by atoms with Gasteiger partial charge in [0.1, 0.15) is 0 Å². The molecule has 1 aromatic carbocycles. The Morgan fingerprint density at radius 1 is 1.36 bits per heavy atom. The van der Waals surface area contributed by atoms with Gasteiger partial charge in [0.25, 0.3) is 5.78 Å². The summed E-state index contributed by atoms with van der Waals surface area (Å²) >= 11 is 0. The van der Waals surface area contributed by atoms with Gasteiger partial charge in [0.15, 0.2) is 11.5 Å². The molecule has 0 spiro atoms. The molecule has 2 rings (SSSR count). The number of hydrogen-bond acceptors (Lipinski definition) is 5. The van der Waals surface area contributed by atoms with E-state index >= 15 is 0 Å². The predicted octanol–water partition coefficient (Wildman–Crippen LogP) is 3.10. The van der Waals surface area contributed by atoms with Crippen LogP contribution in [-0.4, -0.2) is 29.6 Å². The molecule has 1 N–H and O–H groups in total. The molecule has 1 atom stereocenters. The minimum absolute atomic E-state index is 0.00819. The SMILES string of the molecule is CCOC(=O)C(=O)c1ccc(O)c(OC2CCC(C)(C)C2)c1. The predicted molar refractivity (Wildman–Crippen MR) is 81.1 cm³/mol. The highest BCUT2D eigenvalue weighted by Gasteiger charge is 2.32. The van der Waals surface area contributed by atoms with Crippen molar-refractivity contribution >= 4 is 11.8 Å². The topological polar surface area (TPSA) is 72.8 Å². The van der Waals surface area contributed by atoms with Gasteiger partial charge in [0.05, 0.1) is 12.7 Å². The minimum atomic E-state index is -0.902. The van der Waals surface area contributed by atoms with Gasteiger partial charge in [0.2, 0.25) is 0 Å². The zero-order valence-electron chi connectivity index (χ0n) is 13.2. The summed E-state index contributed by atoms with van der Waals surface area (Å²) in [5.74, 6) is -1.44. The lowest BCUT2D eigenvalue weighted by Crippen LogP contribution is -2.18. The van der Waals surface area contributed by atoms with Crippen molar-refractivity contribution in [2.24, 2.45) is 5.41 Å². The zero-order chi connectivity index (χ0) is 16.3. The van der Waals surface area contributed by atoms with Gasteiger partial charge in [0, 0.05) is 5.56 Å². The number of carbonyl (C=O) groups excluding carboxylic acids is 2.